The third-order valence-electron chi connectivity index (χ3n) is 7.11. The standard InChI is InChI=1S/C30H32N6/c1-35-16-14-27(15-17-35)31-25-9-11-26(12-10-25)32-30-20-28(33-34-30)24-8-7-23-13-18-36(29(23)19-24)21-22-5-3-2-4-6-22/h2-13,18-20,27,31H,14-17,21H2,1H3,(H2,32,33,34). The Morgan fingerprint density at radius 2 is 1.67 bits per heavy atom. The summed E-state index contributed by atoms with van der Waals surface area (Å²) in [6, 6.07) is 30.4. The molecule has 2 aromatic heterocycles. The third kappa shape index (κ3) is 4.99. The van der Waals surface area contributed by atoms with Crippen LogP contribution in [0.2, 0.25) is 0 Å². The fraction of sp³-hybridized carbons (Fsp3) is 0.233. The van der Waals surface area contributed by atoms with Gasteiger partial charge in [-0.3, -0.25) is 5.10 Å². The topological polar surface area (TPSA) is 60.9 Å². The van der Waals surface area contributed by atoms with E-state index in [2.05, 4.69) is 128 Å². The van der Waals surface area contributed by atoms with Crippen molar-refractivity contribution in [2.75, 3.05) is 30.8 Å². The predicted octanol–water partition coefficient (Wildman–Crippen LogP) is 6.33. The molecule has 3 aromatic carbocycles. The van der Waals surface area contributed by atoms with Gasteiger partial charge in [-0.15, -0.1) is 0 Å². The van der Waals surface area contributed by atoms with E-state index in [1.165, 1.54) is 35.0 Å². The number of likely N-dealkylation sites (tertiary alicyclic amines) is 1. The van der Waals surface area contributed by atoms with E-state index in [0.717, 1.165) is 42.4 Å². The van der Waals surface area contributed by atoms with Gasteiger partial charge in [-0.2, -0.15) is 5.10 Å². The first-order chi connectivity index (χ1) is 17.7. The molecule has 182 valence electrons. The Kier molecular flexibility index (Phi) is 6.18. The van der Waals surface area contributed by atoms with Crippen LogP contribution in [0, 0.1) is 0 Å². The van der Waals surface area contributed by atoms with Crippen molar-refractivity contribution in [3.63, 3.8) is 0 Å². The number of H-pyrrole nitrogens is 1. The molecule has 1 aliphatic heterocycles. The minimum absolute atomic E-state index is 0.556. The van der Waals surface area contributed by atoms with Crippen LogP contribution in [0.3, 0.4) is 0 Å². The van der Waals surface area contributed by atoms with Gasteiger partial charge >= 0.3 is 0 Å². The summed E-state index contributed by atoms with van der Waals surface area (Å²) < 4.78 is 2.30. The zero-order valence-corrected chi connectivity index (χ0v) is 20.6. The number of nitrogens with zero attached hydrogens (tertiary/aromatic N) is 3. The predicted molar refractivity (Wildman–Crippen MR) is 149 cm³/mol. The van der Waals surface area contributed by atoms with Crippen LogP contribution in [-0.2, 0) is 6.54 Å². The molecule has 1 aliphatic rings. The molecule has 6 nitrogen and oxygen atoms in total. The first-order valence-electron chi connectivity index (χ1n) is 12.7. The van der Waals surface area contributed by atoms with Gasteiger partial charge in [0.2, 0.25) is 0 Å². The lowest BCUT2D eigenvalue weighted by atomic mass is 10.1. The van der Waals surface area contributed by atoms with Gasteiger partial charge in [0.05, 0.1) is 5.69 Å². The SMILES string of the molecule is CN1CCC(Nc2ccc(Nc3cc(-c4ccc5ccn(Cc6ccccc6)c5c4)[nH]n3)cc2)CC1. The number of hydrogen-bond donors (Lipinski definition) is 3. The molecular formula is C30H32N6. The molecule has 6 rings (SSSR count). The largest absolute Gasteiger partial charge is 0.382 e. The molecule has 0 saturated carbocycles. The summed E-state index contributed by atoms with van der Waals surface area (Å²) in [6.07, 6.45) is 4.54. The Morgan fingerprint density at radius 1 is 0.889 bits per heavy atom. The van der Waals surface area contributed by atoms with E-state index in [-0.39, 0.29) is 0 Å². The number of anilines is 3. The quantitative estimate of drug-likeness (QED) is 0.257. The zero-order valence-electron chi connectivity index (χ0n) is 20.6. The van der Waals surface area contributed by atoms with Gasteiger partial charge in [0.25, 0.3) is 0 Å². The highest BCUT2D eigenvalue weighted by molar-refractivity contribution is 5.85. The van der Waals surface area contributed by atoms with Gasteiger partial charge in [-0.1, -0.05) is 42.5 Å². The highest BCUT2D eigenvalue weighted by Gasteiger charge is 2.16. The van der Waals surface area contributed by atoms with Crippen molar-refractivity contribution in [1.82, 2.24) is 19.7 Å². The molecule has 1 saturated heterocycles. The van der Waals surface area contributed by atoms with Crippen molar-refractivity contribution >= 4 is 28.1 Å². The molecule has 3 heterocycles. The van der Waals surface area contributed by atoms with E-state index in [9.17, 15) is 0 Å². The van der Waals surface area contributed by atoms with Crippen molar-refractivity contribution in [2.24, 2.45) is 0 Å². The van der Waals surface area contributed by atoms with Gasteiger partial charge in [0.15, 0.2) is 5.82 Å². The normalized spacial score (nSPS) is 14.8. The lowest BCUT2D eigenvalue weighted by Gasteiger charge is -2.30. The monoisotopic (exact) mass is 476 g/mol. The van der Waals surface area contributed by atoms with E-state index in [0.29, 0.717) is 6.04 Å². The number of rotatable bonds is 7. The molecule has 6 heteroatoms. The third-order valence-corrected chi connectivity index (χ3v) is 7.11. The molecule has 0 spiro atoms. The highest BCUT2D eigenvalue weighted by Crippen LogP contribution is 2.27. The van der Waals surface area contributed by atoms with Gasteiger partial charge in [-0.25, -0.2) is 0 Å². The van der Waals surface area contributed by atoms with E-state index >= 15 is 0 Å². The number of piperidine rings is 1. The van der Waals surface area contributed by atoms with Crippen LogP contribution in [0.15, 0.2) is 91.1 Å². The Bertz CT molecular complexity index is 1430. The van der Waals surface area contributed by atoms with Crippen molar-refractivity contribution in [1.29, 1.82) is 0 Å². The summed E-state index contributed by atoms with van der Waals surface area (Å²) in [6.45, 7) is 3.17. The molecule has 0 aliphatic carbocycles. The van der Waals surface area contributed by atoms with Gasteiger partial charge < -0.3 is 20.1 Å². The number of nitrogens with one attached hydrogen (secondary N) is 3. The maximum atomic E-state index is 4.51. The van der Waals surface area contributed by atoms with Gasteiger partial charge in [0.1, 0.15) is 0 Å². The maximum absolute atomic E-state index is 4.51. The molecule has 1 fully saturated rings. The molecule has 0 radical (unpaired) electrons. The minimum Gasteiger partial charge on any atom is -0.382 e. The molecule has 0 atom stereocenters. The average Bonchev–Trinajstić information content (AvgIpc) is 3.54. The Labute approximate surface area is 212 Å². The van der Waals surface area contributed by atoms with E-state index < -0.39 is 0 Å². The Morgan fingerprint density at radius 3 is 2.47 bits per heavy atom. The maximum Gasteiger partial charge on any atom is 0.152 e. The van der Waals surface area contributed by atoms with Crippen molar-refractivity contribution in [3.8, 4) is 11.3 Å². The minimum atomic E-state index is 0.556. The Hall–Kier alpha value is -4.03. The second-order valence-electron chi connectivity index (χ2n) is 9.79. The van der Waals surface area contributed by atoms with Crippen LogP contribution in [0.4, 0.5) is 17.2 Å². The molecule has 0 amide bonds. The van der Waals surface area contributed by atoms with Crippen molar-refractivity contribution < 1.29 is 0 Å². The zero-order chi connectivity index (χ0) is 24.3. The number of aromatic nitrogens is 3. The number of fused-ring (bicyclic) bond motifs is 1. The number of benzene rings is 3. The fourth-order valence-electron chi connectivity index (χ4n) is 4.99. The number of hydrogen-bond acceptors (Lipinski definition) is 4. The fourth-order valence-corrected chi connectivity index (χ4v) is 4.99. The lowest BCUT2D eigenvalue weighted by molar-refractivity contribution is 0.264. The molecule has 0 unspecified atom stereocenters. The first-order valence-corrected chi connectivity index (χ1v) is 12.7. The summed E-state index contributed by atoms with van der Waals surface area (Å²) in [7, 11) is 2.19. The summed E-state index contributed by atoms with van der Waals surface area (Å²) >= 11 is 0. The second-order valence-corrected chi connectivity index (χ2v) is 9.79. The van der Waals surface area contributed by atoms with Gasteiger partial charge in [-0.05, 0) is 80.3 Å². The van der Waals surface area contributed by atoms with Crippen LogP contribution in [-0.4, -0.2) is 45.8 Å². The Balaban J connectivity index is 1.14. The molecule has 5 aromatic rings. The van der Waals surface area contributed by atoms with Crippen LogP contribution in [0.5, 0.6) is 0 Å². The molecule has 3 N–H and O–H groups in total. The molecular weight excluding hydrogens is 444 g/mol. The van der Waals surface area contributed by atoms with Crippen LogP contribution < -0.4 is 10.6 Å². The highest BCUT2D eigenvalue weighted by atomic mass is 15.2. The molecule has 0 bridgehead atoms. The lowest BCUT2D eigenvalue weighted by Crippen LogP contribution is -2.36. The van der Waals surface area contributed by atoms with Gasteiger partial charge in [0, 0.05) is 47.3 Å². The van der Waals surface area contributed by atoms with Crippen LogP contribution >= 0.6 is 0 Å². The van der Waals surface area contributed by atoms with E-state index in [1.807, 2.05) is 0 Å². The average molecular weight is 477 g/mol. The van der Waals surface area contributed by atoms with Crippen LogP contribution in [0.25, 0.3) is 22.2 Å². The smallest absolute Gasteiger partial charge is 0.152 e. The summed E-state index contributed by atoms with van der Waals surface area (Å²) in [4.78, 5) is 2.39. The molecule has 36 heavy (non-hydrogen) atoms. The summed E-state index contributed by atoms with van der Waals surface area (Å²) in [5.41, 5.74) is 6.81. The van der Waals surface area contributed by atoms with E-state index in [1.54, 1.807) is 0 Å². The van der Waals surface area contributed by atoms with E-state index in [4.69, 9.17) is 0 Å². The first kappa shape index (κ1) is 22.4. The summed E-state index contributed by atoms with van der Waals surface area (Å²) in [5.74, 6) is 0.806. The van der Waals surface area contributed by atoms with Crippen molar-refractivity contribution in [2.45, 2.75) is 25.4 Å². The number of aromatic amines is 1. The summed E-state index contributed by atoms with van der Waals surface area (Å²) in [5, 5.41) is 16.0. The van der Waals surface area contributed by atoms with Crippen molar-refractivity contribution in [3.05, 3.63) is 96.7 Å². The second kappa shape index (κ2) is 9.91. The van der Waals surface area contributed by atoms with Crippen LogP contribution in [0.1, 0.15) is 18.4 Å².